The molecule has 1 N–H and O–H groups in total. The number of aromatic carboxylic acids is 1. The molecule has 1 saturated heterocycles. The first-order valence-electron chi connectivity index (χ1n) is 10.8. The minimum atomic E-state index is -1.38. The van der Waals surface area contributed by atoms with E-state index in [0.29, 0.717) is 42.9 Å². The standard InChI is InChI=1S/C21H18FN7O6S/c1-2-26-10-12(20(31)32)16(30)11-9-13(22)18(23-17(11)26)27-5-7-28(8-6-27)21-25-24-19(36-21)14-3-4-15(35-14)29(33)34/h3-4,9-10H,2,5-8H2,1H3,(H,31,32). The zero-order chi connectivity index (χ0) is 25.6. The van der Waals surface area contributed by atoms with Crippen LogP contribution in [0.15, 0.2) is 33.6 Å². The number of anilines is 2. The number of pyridine rings is 2. The van der Waals surface area contributed by atoms with Crippen molar-refractivity contribution in [2.75, 3.05) is 36.0 Å². The fourth-order valence-electron chi connectivity index (χ4n) is 3.98. The molecule has 5 heterocycles. The number of nitrogens with zero attached hydrogens (tertiary/aromatic N) is 7. The van der Waals surface area contributed by atoms with Crippen LogP contribution in [0.3, 0.4) is 0 Å². The first-order valence-corrected chi connectivity index (χ1v) is 11.6. The Kier molecular flexibility index (Phi) is 5.83. The van der Waals surface area contributed by atoms with Crippen molar-refractivity contribution < 1.29 is 23.6 Å². The zero-order valence-corrected chi connectivity index (χ0v) is 19.6. The average molecular weight is 515 g/mol. The molecule has 1 fully saturated rings. The molecule has 0 aromatic carbocycles. The maximum Gasteiger partial charge on any atom is 0.433 e. The molecular weight excluding hydrogens is 497 g/mol. The summed E-state index contributed by atoms with van der Waals surface area (Å²) in [6.45, 7) is 3.88. The van der Waals surface area contributed by atoms with Crippen LogP contribution >= 0.6 is 11.3 Å². The Bertz CT molecular complexity index is 1560. The topological polar surface area (TPSA) is 161 Å². The first-order chi connectivity index (χ1) is 17.3. The molecular formula is C21H18FN7O6S. The van der Waals surface area contributed by atoms with Gasteiger partial charge in [0.2, 0.25) is 10.6 Å². The highest BCUT2D eigenvalue weighted by Gasteiger charge is 2.26. The summed E-state index contributed by atoms with van der Waals surface area (Å²) in [7, 11) is 0. The van der Waals surface area contributed by atoms with Crippen LogP contribution in [-0.4, -0.2) is 61.9 Å². The third kappa shape index (κ3) is 4.02. The van der Waals surface area contributed by atoms with Crippen molar-refractivity contribution in [3.8, 4) is 10.8 Å². The average Bonchev–Trinajstić information content (AvgIpc) is 3.54. The second kappa shape index (κ2) is 8.99. The monoisotopic (exact) mass is 515 g/mol. The van der Waals surface area contributed by atoms with Crippen LogP contribution in [-0.2, 0) is 6.54 Å². The molecule has 0 radical (unpaired) electrons. The highest BCUT2D eigenvalue weighted by molar-refractivity contribution is 7.18. The van der Waals surface area contributed by atoms with Crippen molar-refractivity contribution >= 4 is 45.2 Å². The van der Waals surface area contributed by atoms with E-state index in [0.717, 1.165) is 6.07 Å². The SMILES string of the molecule is CCn1cc(C(=O)O)c(=O)c2cc(F)c(N3CCN(c4nnc(-c5ccc([N+](=O)[O-])o5)s4)CC3)nc21. The lowest BCUT2D eigenvalue weighted by atomic mass is 10.2. The van der Waals surface area contributed by atoms with Crippen LogP contribution in [0.5, 0.6) is 0 Å². The maximum absolute atomic E-state index is 15.0. The quantitative estimate of drug-likeness (QED) is 0.297. The predicted molar refractivity (Wildman–Crippen MR) is 127 cm³/mol. The smallest absolute Gasteiger partial charge is 0.433 e. The summed E-state index contributed by atoms with van der Waals surface area (Å²) in [5, 5.41) is 29.2. The van der Waals surface area contributed by atoms with Gasteiger partial charge in [-0.25, -0.2) is 14.2 Å². The van der Waals surface area contributed by atoms with Gasteiger partial charge in [0.15, 0.2) is 22.4 Å². The molecule has 1 aliphatic heterocycles. The number of hydrogen-bond donors (Lipinski definition) is 1. The number of aryl methyl sites for hydroxylation is 1. The Hall–Kier alpha value is -4.40. The number of hydrogen-bond acceptors (Lipinski definition) is 11. The van der Waals surface area contributed by atoms with E-state index >= 15 is 4.39 Å². The van der Waals surface area contributed by atoms with Gasteiger partial charge in [-0.3, -0.25) is 14.9 Å². The van der Waals surface area contributed by atoms with Gasteiger partial charge in [-0.05, 0) is 19.1 Å². The number of rotatable bonds is 6. The molecule has 0 bridgehead atoms. The number of aromatic nitrogens is 4. The van der Waals surface area contributed by atoms with E-state index < -0.39 is 27.7 Å². The number of halogens is 1. The molecule has 0 unspecified atom stereocenters. The third-order valence-corrected chi connectivity index (χ3v) is 6.80. The molecule has 1 aliphatic rings. The molecule has 5 rings (SSSR count). The van der Waals surface area contributed by atoms with Gasteiger partial charge in [0.25, 0.3) is 0 Å². The summed E-state index contributed by atoms with van der Waals surface area (Å²) in [6, 6.07) is 3.76. The van der Waals surface area contributed by atoms with E-state index in [2.05, 4.69) is 15.2 Å². The number of furan rings is 1. The van der Waals surface area contributed by atoms with Gasteiger partial charge >= 0.3 is 11.9 Å². The van der Waals surface area contributed by atoms with Crippen molar-refractivity contribution in [2.24, 2.45) is 0 Å². The van der Waals surface area contributed by atoms with Crippen LogP contribution in [0.25, 0.3) is 21.8 Å². The second-order valence-electron chi connectivity index (χ2n) is 7.89. The third-order valence-electron chi connectivity index (χ3n) is 5.80. The number of carboxylic acids is 1. The van der Waals surface area contributed by atoms with Gasteiger partial charge in [-0.1, -0.05) is 11.3 Å². The van der Waals surface area contributed by atoms with Gasteiger partial charge in [-0.2, -0.15) is 0 Å². The Balaban J connectivity index is 1.36. The van der Waals surface area contributed by atoms with E-state index in [1.165, 1.54) is 34.2 Å². The Morgan fingerprint density at radius 3 is 2.61 bits per heavy atom. The largest absolute Gasteiger partial charge is 0.477 e. The Labute approximate surface area is 205 Å². The fraction of sp³-hybridized carbons (Fsp3) is 0.286. The van der Waals surface area contributed by atoms with Crippen LogP contribution in [0.4, 0.5) is 21.2 Å². The lowest BCUT2D eigenvalue weighted by molar-refractivity contribution is -0.401. The molecule has 0 atom stereocenters. The first kappa shape index (κ1) is 23.3. The van der Waals surface area contributed by atoms with E-state index in [1.54, 1.807) is 11.8 Å². The van der Waals surface area contributed by atoms with Crippen LogP contribution in [0.2, 0.25) is 0 Å². The molecule has 36 heavy (non-hydrogen) atoms. The van der Waals surface area contributed by atoms with E-state index in [-0.39, 0.29) is 28.5 Å². The van der Waals surface area contributed by atoms with E-state index in [1.807, 2.05) is 4.90 Å². The van der Waals surface area contributed by atoms with Gasteiger partial charge in [0.1, 0.15) is 16.1 Å². The molecule has 0 saturated carbocycles. The molecule has 0 amide bonds. The van der Waals surface area contributed by atoms with Gasteiger partial charge in [0.05, 0.1) is 11.5 Å². The molecule has 13 nitrogen and oxygen atoms in total. The summed E-state index contributed by atoms with van der Waals surface area (Å²) in [5.41, 5.74) is -1.00. The van der Waals surface area contributed by atoms with Crippen molar-refractivity contribution in [1.82, 2.24) is 19.7 Å². The zero-order valence-electron chi connectivity index (χ0n) is 18.8. The summed E-state index contributed by atoms with van der Waals surface area (Å²) < 4.78 is 21.7. The van der Waals surface area contributed by atoms with E-state index in [4.69, 9.17) is 4.42 Å². The predicted octanol–water partition coefficient (Wildman–Crippen LogP) is 2.60. The van der Waals surface area contributed by atoms with Crippen LogP contribution < -0.4 is 15.2 Å². The number of carboxylic acid groups (broad SMARTS) is 1. The van der Waals surface area contributed by atoms with Crippen LogP contribution in [0.1, 0.15) is 17.3 Å². The van der Waals surface area contributed by atoms with Crippen molar-refractivity contribution in [3.63, 3.8) is 0 Å². The lowest BCUT2D eigenvalue weighted by Crippen LogP contribution is -2.47. The van der Waals surface area contributed by atoms with Crippen molar-refractivity contribution in [2.45, 2.75) is 13.5 Å². The Morgan fingerprint density at radius 2 is 1.97 bits per heavy atom. The summed E-state index contributed by atoms with van der Waals surface area (Å²) >= 11 is 1.22. The molecule has 0 aliphatic carbocycles. The maximum atomic E-state index is 15.0. The van der Waals surface area contributed by atoms with Gasteiger partial charge < -0.3 is 23.9 Å². The van der Waals surface area contributed by atoms with Gasteiger partial charge in [-0.15, -0.1) is 10.2 Å². The lowest BCUT2D eigenvalue weighted by Gasteiger charge is -2.35. The molecule has 0 spiro atoms. The van der Waals surface area contributed by atoms with Crippen molar-refractivity contribution in [3.05, 3.63) is 56.1 Å². The molecule has 4 aromatic rings. The normalized spacial score (nSPS) is 13.9. The van der Waals surface area contributed by atoms with Crippen molar-refractivity contribution in [1.29, 1.82) is 0 Å². The van der Waals surface area contributed by atoms with Crippen LogP contribution in [0, 0.1) is 15.9 Å². The highest BCUT2D eigenvalue weighted by Crippen LogP contribution is 2.32. The summed E-state index contributed by atoms with van der Waals surface area (Å²) in [5.74, 6) is -2.15. The second-order valence-corrected chi connectivity index (χ2v) is 8.84. The highest BCUT2D eigenvalue weighted by atomic mass is 32.1. The van der Waals surface area contributed by atoms with E-state index in [9.17, 15) is 24.8 Å². The fourth-order valence-corrected chi connectivity index (χ4v) is 4.84. The number of piperazine rings is 1. The molecule has 186 valence electrons. The Morgan fingerprint density at radius 1 is 1.25 bits per heavy atom. The summed E-state index contributed by atoms with van der Waals surface area (Å²) in [4.78, 5) is 42.3. The number of carbonyl (C=O) groups is 1. The number of fused-ring (bicyclic) bond motifs is 1. The minimum absolute atomic E-state index is 0.0765. The minimum Gasteiger partial charge on any atom is -0.477 e. The summed E-state index contributed by atoms with van der Waals surface area (Å²) in [6.07, 6.45) is 1.22. The number of nitro groups is 1. The molecule has 15 heteroatoms. The van der Waals surface area contributed by atoms with Gasteiger partial charge in [0, 0.05) is 38.9 Å². The molecule has 4 aromatic heterocycles.